The summed E-state index contributed by atoms with van der Waals surface area (Å²) in [4.78, 5) is 4.69. The van der Waals surface area contributed by atoms with Crippen molar-refractivity contribution in [3.8, 4) is 17.3 Å². The summed E-state index contributed by atoms with van der Waals surface area (Å²) in [5.74, 6) is 0. The molecule has 1 aromatic heterocycles. The molecule has 3 rings (SSSR count). The van der Waals surface area contributed by atoms with Crippen LogP contribution in [0.25, 0.3) is 16.8 Å². The van der Waals surface area contributed by atoms with Crippen LogP contribution < -0.4 is 5.32 Å². The largest absolute Gasteiger partial charge is 0.361 e. The summed E-state index contributed by atoms with van der Waals surface area (Å²) in [5.41, 5.74) is 7.92. The van der Waals surface area contributed by atoms with Crippen LogP contribution in [-0.4, -0.2) is 4.98 Å². The fourth-order valence-corrected chi connectivity index (χ4v) is 3.77. The van der Waals surface area contributed by atoms with Crippen LogP contribution in [-0.2, 0) is 10.8 Å². The molecule has 0 atom stereocenters. The lowest BCUT2D eigenvalue weighted by molar-refractivity contribution is 0.514. The summed E-state index contributed by atoms with van der Waals surface area (Å²) in [6.07, 6.45) is 7.99. The van der Waals surface area contributed by atoms with Gasteiger partial charge >= 0.3 is 0 Å². The van der Waals surface area contributed by atoms with Crippen LogP contribution in [0.15, 0.2) is 66.2 Å². The number of nitrogens with one attached hydrogen (secondary N) is 1. The second-order valence-electron chi connectivity index (χ2n) is 12.0. The number of benzene rings is 1. The summed E-state index contributed by atoms with van der Waals surface area (Å²) in [5, 5.41) is 13.5. The fourth-order valence-electron chi connectivity index (χ4n) is 3.77. The van der Waals surface area contributed by atoms with E-state index in [-0.39, 0.29) is 16.2 Å². The highest BCUT2D eigenvalue weighted by Crippen LogP contribution is 2.35. The molecule has 0 amide bonds. The van der Waals surface area contributed by atoms with E-state index in [2.05, 4.69) is 116 Å². The first-order valence-electron chi connectivity index (χ1n) is 11.6. The number of dihydropyridines is 1. The van der Waals surface area contributed by atoms with Gasteiger partial charge in [-0.2, -0.15) is 5.26 Å². The van der Waals surface area contributed by atoms with Crippen LogP contribution in [0.1, 0.15) is 79.0 Å². The Morgan fingerprint density at radius 3 is 2.09 bits per heavy atom. The molecule has 1 aromatic carbocycles. The van der Waals surface area contributed by atoms with Crippen molar-refractivity contribution in [2.24, 2.45) is 5.41 Å². The number of rotatable bonds is 2. The first kappa shape index (κ1) is 24.5. The van der Waals surface area contributed by atoms with Crippen molar-refractivity contribution in [3.63, 3.8) is 0 Å². The Kier molecular flexibility index (Phi) is 6.44. The average Bonchev–Trinajstić information content (AvgIpc) is 2.73. The Morgan fingerprint density at radius 2 is 1.52 bits per heavy atom. The van der Waals surface area contributed by atoms with E-state index in [0.717, 1.165) is 22.5 Å². The lowest BCUT2D eigenvalue weighted by atomic mass is 9.82. The van der Waals surface area contributed by atoms with Gasteiger partial charge in [0.2, 0.25) is 0 Å². The van der Waals surface area contributed by atoms with Gasteiger partial charge in [0, 0.05) is 18.0 Å². The van der Waals surface area contributed by atoms with E-state index in [1.165, 1.54) is 16.7 Å². The molecule has 33 heavy (non-hydrogen) atoms. The molecule has 0 bridgehead atoms. The van der Waals surface area contributed by atoms with E-state index in [9.17, 15) is 5.26 Å². The van der Waals surface area contributed by atoms with E-state index in [4.69, 9.17) is 4.98 Å². The third kappa shape index (κ3) is 5.63. The number of aromatic nitrogens is 1. The average molecular weight is 440 g/mol. The highest BCUT2D eigenvalue weighted by atomic mass is 14.9. The Hall–Kier alpha value is -3.12. The summed E-state index contributed by atoms with van der Waals surface area (Å²) in [7, 11) is 0. The summed E-state index contributed by atoms with van der Waals surface area (Å²) >= 11 is 0. The molecule has 3 heteroatoms. The maximum absolute atomic E-state index is 10.2. The maximum Gasteiger partial charge on any atom is 0.102 e. The predicted molar refractivity (Wildman–Crippen MR) is 139 cm³/mol. The van der Waals surface area contributed by atoms with Gasteiger partial charge in [-0.25, -0.2) is 0 Å². The maximum atomic E-state index is 10.2. The SMILES string of the molecule is CC(C)(C)C1=C/C(=C(\C#N)c2cc(-c3cc(C(C)(C)C)ccn3)cc(C(C)(C)C)c2)NC=C1. The lowest BCUT2D eigenvalue weighted by Gasteiger charge is -2.25. The number of hydrogen-bond acceptors (Lipinski definition) is 3. The van der Waals surface area contributed by atoms with Gasteiger partial charge in [-0.1, -0.05) is 62.3 Å². The molecular weight excluding hydrogens is 402 g/mol. The molecule has 1 aliphatic rings. The smallest absolute Gasteiger partial charge is 0.102 e. The third-order valence-electron chi connectivity index (χ3n) is 6.06. The molecule has 1 N–H and O–H groups in total. The molecule has 0 saturated carbocycles. The molecule has 3 nitrogen and oxygen atoms in total. The van der Waals surface area contributed by atoms with Gasteiger partial charge in [-0.3, -0.25) is 4.98 Å². The first-order chi connectivity index (χ1) is 15.2. The minimum Gasteiger partial charge on any atom is -0.361 e. The van der Waals surface area contributed by atoms with Gasteiger partial charge in [0.05, 0.1) is 17.0 Å². The van der Waals surface area contributed by atoms with Gasteiger partial charge in [0.25, 0.3) is 0 Å². The first-order valence-corrected chi connectivity index (χ1v) is 11.6. The zero-order valence-corrected chi connectivity index (χ0v) is 21.6. The quantitative estimate of drug-likeness (QED) is 0.488. The lowest BCUT2D eigenvalue weighted by Crippen LogP contribution is -2.17. The minimum absolute atomic E-state index is 0.000148. The molecule has 0 aliphatic carbocycles. The topological polar surface area (TPSA) is 48.7 Å². The molecule has 0 spiro atoms. The zero-order chi connectivity index (χ0) is 24.6. The van der Waals surface area contributed by atoms with Gasteiger partial charge in [-0.05, 0) is 81.0 Å². The summed E-state index contributed by atoms with van der Waals surface area (Å²) < 4.78 is 0. The van der Waals surface area contributed by atoms with Crippen LogP contribution in [0.2, 0.25) is 0 Å². The summed E-state index contributed by atoms with van der Waals surface area (Å²) in [6.45, 7) is 19.8. The molecule has 2 heterocycles. The molecule has 0 saturated heterocycles. The second kappa shape index (κ2) is 8.67. The van der Waals surface area contributed by atoms with Gasteiger partial charge in [0.1, 0.15) is 6.07 Å². The van der Waals surface area contributed by atoms with Crippen LogP contribution in [0, 0.1) is 16.7 Å². The van der Waals surface area contributed by atoms with Crippen LogP contribution in [0.3, 0.4) is 0 Å². The van der Waals surface area contributed by atoms with Crippen molar-refractivity contribution >= 4 is 5.57 Å². The van der Waals surface area contributed by atoms with E-state index in [1.807, 2.05) is 12.4 Å². The van der Waals surface area contributed by atoms with Gasteiger partial charge < -0.3 is 5.32 Å². The van der Waals surface area contributed by atoms with E-state index < -0.39 is 0 Å². The third-order valence-corrected chi connectivity index (χ3v) is 6.06. The molecule has 2 aromatic rings. The number of nitrogens with zero attached hydrogens (tertiary/aromatic N) is 2. The van der Waals surface area contributed by atoms with Crippen LogP contribution in [0.5, 0.6) is 0 Å². The van der Waals surface area contributed by atoms with Crippen LogP contribution >= 0.6 is 0 Å². The van der Waals surface area contributed by atoms with Crippen molar-refractivity contribution in [1.29, 1.82) is 5.26 Å². The second-order valence-corrected chi connectivity index (χ2v) is 12.0. The monoisotopic (exact) mass is 439 g/mol. The Bertz CT molecular complexity index is 1180. The van der Waals surface area contributed by atoms with Gasteiger partial charge in [-0.15, -0.1) is 0 Å². The van der Waals surface area contributed by atoms with Crippen molar-refractivity contribution in [1.82, 2.24) is 10.3 Å². The van der Waals surface area contributed by atoms with E-state index >= 15 is 0 Å². The number of hydrogen-bond donors (Lipinski definition) is 1. The Labute approximate surface area is 200 Å². The number of nitriles is 1. The minimum atomic E-state index is -0.0655. The highest BCUT2D eigenvalue weighted by Gasteiger charge is 2.22. The zero-order valence-electron chi connectivity index (χ0n) is 21.6. The van der Waals surface area contributed by atoms with Crippen molar-refractivity contribution < 1.29 is 0 Å². The van der Waals surface area contributed by atoms with E-state index in [0.29, 0.717) is 5.57 Å². The predicted octanol–water partition coefficient (Wildman–Crippen LogP) is 7.67. The van der Waals surface area contributed by atoms with Crippen molar-refractivity contribution in [2.45, 2.75) is 73.1 Å². The van der Waals surface area contributed by atoms with E-state index in [1.54, 1.807) is 0 Å². The van der Waals surface area contributed by atoms with Gasteiger partial charge in [0.15, 0.2) is 0 Å². The van der Waals surface area contributed by atoms with Crippen molar-refractivity contribution in [2.75, 3.05) is 0 Å². The Balaban J connectivity index is 2.24. The molecule has 0 unspecified atom stereocenters. The number of pyridine rings is 1. The van der Waals surface area contributed by atoms with Crippen LogP contribution in [0.4, 0.5) is 0 Å². The molecular formula is C30H37N3. The molecule has 172 valence electrons. The Morgan fingerprint density at radius 1 is 0.848 bits per heavy atom. The molecule has 0 fully saturated rings. The fraction of sp³-hybridized carbons (Fsp3) is 0.400. The standard InChI is InChI=1S/C30H37N3/c1-28(2,3)22-10-12-32-26(17-22)21-14-20(15-24(16-21)30(7,8)9)25(19-31)27-18-23(11-13-33-27)29(4,5)6/h10-18,33H,1-9H3/b27-25-. The normalized spacial score (nSPS) is 16.1. The summed E-state index contributed by atoms with van der Waals surface area (Å²) in [6, 6.07) is 13.2. The molecule has 1 aliphatic heterocycles. The van der Waals surface area contributed by atoms with Crippen molar-refractivity contribution in [3.05, 3.63) is 82.8 Å². The highest BCUT2D eigenvalue weighted by molar-refractivity contribution is 5.84. The number of allylic oxidation sites excluding steroid dienone is 4. The molecule has 0 radical (unpaired) electrons.